The van der Waals surface area contributed by atoms with E-state index in [4.69, 9.17) is 42.6 Å². The lowest BCUT2D eigenvalue weighted by Crippen LogP contribution is -2.16. The second-order valence-electron chi connectivity index (χ2n) is 10.8. The fourth-order valence-corrected chi connectivity index (χ4v) is 4.77. The highest BCUT2D eigenvalue weighted by Gasteiger charge is 2.20. The van der Waals surface area contributed by atoms with Crippen LogP contribution in [0.5, 0.6) is 5.75 Å². The predicted octanol–water partition coefficient (Wildman–Crippen LogP) is 5.90. The monoisotopic (exact) mass is 626 g/mol. The first-order chi connectivity index (χ1) is 21.8. The molecule has 0 atom stereocenters. The first kappa shape index (κ1) is 38.4. The molecule has 0 aromatic heterocycles. The average Bonchev–Trinajstić information content (AvgIpc) is 3.03. The van der Waals surface area contributed by atoms with Gasteiger partial charge in [-0.1, -0.05) is 64.7 Å². The molecule has 0 spiro atoms. The summed E-state index contributed by atoms with van der Waals surface area (Å²) in [5, 5.41) is 0. The van der Waals surface area contributed by atoms with Gasteiger partial charge in [0.25, 0.3) is 0 Å². The Morgan fingerprint density at radius 1 is 0.568 bits per heavy atom. The van der Waals surface area contributed by atoms with Crippen LogP contribution in [0.1, 0.15) is 92.6 Å². The number of methoxy groups -OCH3 is 1. The molecule has 0 radical (unpaired) electrons. The Labute approximate surface area is 265 Å². The van der Waals surface area contributed by atoms with Crippen molar-refractivity contribution in [3.05, 3.63) is 28.8 Å². The zero-order valence-corrected chi connectivity index (χ0v) is 27.4. The summed E-state index contributed by atoms with van der Waals surface area (Å²) in [6.45, 7) is 8.76. The molecule has 0 saturated heterocycles. The average molecular weight is 627 g/mol. The normalized spacial score (nSPS) is 17.4. The number of esters is 1. The maximum Gasteiger partial charge on any atom is 0.338 e. The molecular weight excluding hydrogens is 568 g/mol. The van der Waals surface area contributed by atoms with Crippen molar-refractivity contribution in [1.82, 2.24) is 0 Å². The molecule has 1 aliphatic rings. The third kappa shape index (κ3) is 18.9. The van der Waals surface area contributed by atoms with Crippen LogP contribution in [0.2, 0.25) is 0 Å². The van der Waals surface area contributed by atoms with Crippen LogP contribution in [0, 0.1) is 0 Å². The zero-order valence-electron chi connectivity index (χ0n) is 27.4. The number of hydrogen-bond donors (Lipinski definition) is 0. The molecule has 2 bridgehead atoms. The van der Waals surface area contributed by atoms with Crippen molar-refractivity contribution in [1.29, 1.82) is 0 Å². The molecule has 1 aliphatic heterocycles. The number of hydrogen-bond acceptors (Lipinski definition) is 10. The van der Waals surface area contributed by atoms with E-state index in [2.05, 4.69) is 6.92 Å². The summed E-state index contributed by atoms with van der Waals surface area (Å²) in [6, 6.07) is 3.74. The SMILES string of the molecule is CCCCCCCCCCCCOc1cc2c(C(=O)OC)c(c1)COCCOCCOCCOCCOCCOCCOC2. The summed E-state index contributed by atoms with van der Waals surface area (Å²) in [7, 11) is 1.38. The molecule has 0 aliphatic carbocycles. The molecule has 44 heavy (non-hydrogen) atoms. The van der Waals surface area contributed by atoms with E-state index in [9.17, 15) is 4.79 Å². The van der Waals surface area contributed by atoms with Crippen molar-refractivity contribution in [2.75, 3.05) is 93.0 Å². The lowest BCUT2D eigenvalue weighted by Gasteiger charge is -2.17. The third-order valence-electron chi connectivity index (χ3n) is 7.18. The number of fused-ring (bicyclic) bond motifs is 2. The Morgan fingerprint density at radius 3 is 1.32 bits per heavy atom. The van der Waals surface area contributed by atoms with Crippen molar-refractivity contribution >= 4 is 5.97 Å². The Bertz CT molecular complexity index is 791. The van der Waals surface area contributed by atoms with Crippen LogP contribution >= 0.6 is 0 Å². The quantitative estimate of drug-likeness (QED) is 0.194. The fraction of sp³-hybridized carbons (Fsp3) is 0.794. The molecular formula is C34H58O10. The van der Waals surface area contributed by atoms with E-state index < -0.39 is 5.97 Å². The lowest BCUT2D eigenvalue weighted by atomic mass is 10.0. The Kier molecular flexibility index (Phi) is 24.0. The van der Waals surface area contributed by atoms with E-state index in [0.29, 0.717) is 108 Å². The molecule has 1 heterocycles. The molecule has 0 saturated carbocycles. The van der Waals surface area contributed by atoms with Gasteiger partial charge < -0.3 is 42.6 Å². The molecule has 2 rings (SSSR count). The van der Waals surface area contributed by atoms with Crippen LogP contribution in [0.25, 0.3) is 0 Å². The van der Waals surface area contributed by atoms with E-state index in [1.165, 1.54) is 58.5 Å². The second kappa shape index (κ2) is 27.5. The van der Waals surface area contributed by atoms with Crippen molar-refractivity contribution in [2.45, 2.75) is 84.3 Å². The van der Waals surface area contributed by atoms with Crippen molar-refractivity contribution in [3.8, 4) is 5.75 Å². The third-order valence-corrected chi connectivity index (χ3v) is 7.18. The van der Waals surface area contributed by atoms with Crippen molar-refractivity contribution < 1.29 is 47.4 Å². The van der Waals surface area contributed by atoms with Gasteiger partial charge in [0.15, 0.2) is 0 Å². The number of carbonyl (C=O) groups excluding carboxylic acids is 1. The van der Waals surface area contributed by atoms with Gasteiger partial charge in [0.1, 0.15) is 5.75 Å². The minimum Gasteiger partial charge on any atom is -0.494 e. The Morgan fingerprint density at radius 2 is 0.932 bits per heavy atom. The fourth-order valence-electron chi connectivity index (χ4n) is 4.77. The standard InChI is InChI=1S/C34H58O10/c1-3-4-5-6-7-8-9-10-11-12-13-44-32-26-30-28-42-24-22-40-20-18-38-16-14-37-15-17-39-19-21-41-23-25-43-29-31(27-32)33(30)34(35)36-2/h26-27H,3-25,28-29H2,1-2H3. The zero-order chi connectivity index (χ0) is 31.3. The van der Waals surface area contributed by atoms with Crippen LogP contribution in [0.15, 0.2) is 12.1 Å². The highest BCUT2D eigenvalue weighted by atomic mass is 16.6. The Balaban J connectivity index is 1.94. The van der Waals surface area contributed by atoms with Gasteiger partial charge in [0.2, 0.25) is 0 Å². The van der Waals surface area contributed by atoms with Crippen LogP contribution in [-0.4, -0.2) is 99.0 Å². The van der Waals surface area contributed by atoms with Crippen LogP contribution in [0.4, 0.5) is 0 Å². The number of carbonyl (C=O) groups is 1. The van der Waals surface area contributed by atoms with Gasteiger partial charge in [0, 0.05) is 0 Å². The van der Waals surface area contributed by atoms with Gasteiger partial charge in [-0.3, -0.25) is 0 Å². The number of ether oxygens (including phenoxy) is 9. The molecule has 0 unspecified atom stereocenters. The van der Waals surface area contributed by atoms with Crippen molar-refractivity contribution in [3.63, 3.8) is 0 Å². The minimum absolute atomic E-state index is 0.215. The van der Waals surface area contributed by atoms with Crippen LogP contribution in [-0.2, 0) is 51.1 Å². The molecule has 10 heteroatoms. The molecule has 0 N–H and O–H groups in total. The highest BCUT2D eigenvalue weighted by Crippen LogP contribution is 2.26. The summed E-state index contributed by atoms with van der Waals surface area (Å²) in [5.74, 6) is 0.258. The van der Waals surface area contributed by atoms with E-state index in [-0.39, 0.29) is 13.2 Å². The van der Waals surface area contributed by atoms with Gasteiger partial charge in [-0.25, -0.2) is 4.79 Å². The number of rotatable bonds is 13. The van der Waals surface area contributed by atoms with Gasteiger partial charge in [-0.15, -0.1) is 0 Å². The molecule has 10 nitrogen and oxygen atoms in total. The Hall–Kier alpha value is -1.79. The van der Waals surface area contributed by atoms with Crippen LogP contribution in [0.3, 0.4) is 0 Å². The van der Waals surface area contributed by atoms with Gasteiger partial charge in [-0.2, -0.15) is 0 Å². The van der Waals surface area contributed by atoms with Crippen molar-refractivity contribution in [2.24, 2.45) is 0 Å². The van der Waals surface area contributed by atoms with Gasteiger partial charge in [0.05, 0.1) is 112 Å². The largest absolute Gasteiger partial charge is 0.494 e. The van der Waals surface area contributed by atoms with E-state index in [1.54, 1.807) is 0 Å². The molecule has 0 fully saturated rings. The van der Waals surface area contributed by atoms with Gasteiger partial charge in [-0.05, 0) is 29.7 Å². The van der Waals surface area contributed by atoms with E-state index in [1.807, 2.05) is 12.1 Å². The van der Waals surface area contributed by atoms with Gasteiger partial charge >= 0.3 is 5.97 Å². The maximum absolute atomic E-state index is 12.9. The molecule has 1 aromatic carbocycles. The van der Waals surface area contributed by atoms with E-state index in [0.717, 1.165) is 12.8 Å². The topological polar surface area (TPSA) is 100 Å². The lowest BCUT2D eigenvalue weighted by molar-refractivity contribution is -0.0222. The van der Waals surface area contributed by atoms with Crippen LogP contribution < -0.4 is 4.74 Å². The smallest absolute Gasteiger partial charge is 0.338 e. The second-order valence-corrected chi connectivity index (χ2v) is 10.8. The molecule has 0 amide bonds. The first-order valence-electron chi connectivity index (χ1n) is 16.7. The summed E-state index contributed by atoms with van der Waals surface area (Å²) in [5.41, 5.74) is 1.84. The highest BCUT2D eigenvalue weighted by molar-refractivity contribution is 5.93. The first-order valence-corrected chi connectivity index (χ1v) is 16.7. The minimum atomic E-state index is -0.435. The summed E-state index contributed by atoms with van der Waals surface area (Å²) in [6.07, 6.45) is 12.7. The molecule has 1 aromatic rings. The summed E-state index contributed by atoms with van der Waals surface area (Å²) >= 11 is 0. The van der Waals surface area contributed by atoms with E-state index >= 15 is 0 Å². The molecule has 254 valence electrons. The summed E-state index contributed by atoms with van der Waals surface area (Å²) < 4.78 is 50.8. The maximum atomic E-state index is 12.9. The number of benzene rings is 1. The number of unbranched alkanes of at least 4 members (excludes halogenated alkanes) is 9. The predicted molar refractivity (Wildman–Crippen MR) is 169 cm³/mol. The summed E-state index contributed by atoms with van der Waals surface area (Å²) in [4.78, 5) is 12.9.